The van der Waals surface area contributed by atoms with Crippen LogP contribution in [0.25, 0.3) is 11.4 Å². The molecule has 1 atom stereocenters. The molecule has 30 heavy (non-hydrogen) atoms. The molecule has 1 aliphatic rings. The molecule has 0 N–H and O–H groups in total. The first-order valence-corrected chi connectivity index (χ1v) is 11.6. The van der Waals surface area contributed by atoms with Crippen molar-refractivity contribution in [3.8, 4) is 17.1 Å². The number of methoxy groups -OCH3 is 1. The molecule has 0 spiro atoms. The molecule has 1 saturated carbocycles. The van der Waals surface area contributed by atoms with Gasteiger partial charge in [-0.1, -0.05) is 49.2 Å². The zero-order valence-electron chi connectivity index (χ0n) is 18.2. The van der Waals surface area contributed by atoms with E-state index in [1.807, 2.05) is 41.8 Å². The molecule has 0 radical (unpaired) electrons. The zero-order valence-corrected chi connectivity index (χ0v) is 19.0. The van der Waals surface area contributed by atoms with E-state index in [0.29, 0.717) is 18.4 Å². The van der Waals surface area contributed by atoms with E-state index in [4.69, 9.17) is 4.74 Å². The second-order valence-electron chi connectivity index (χ2n) is 7.58. The van der Waals surface area contributed by atoms with Gasteiger partial charge in [0.1, 0.15) is 5.75 Å². The Bertz CT molecular complexity index is 861. The number of benzene rings is 1. The third-order valence-corrected chi connectivity index (χ3v) is 6.71. The highest BCUT2D eigenvalue weighted by Crippen LogP contribution is 2.33. The topological polar surface area (TPSA) is 60.2 Å². The summed E-state index contributed by atoms with van der Waals surface area (Å²) in [5, 5.41) is 9.32. The zero-order chi connectivity index (χ0) is 21.5. The highest BCUT2D eigenvalue weighted by atomic mass is 32.2. The van der Waals surface area contributed by atoms with E-state index in [0.717, 1.165) is 35.9 Å². The number of para-hydroxylation sites is 1. The average molecular weight is 429 g/mol. The van der Waals surface area contributed by atoms with Gasteiger partial charge in [0.25, 0.3) is 0 Å². The van der Waals surface area contributed by atoms with E-state index in [1.54, 1.807) is 7.11 Å². The van der Waals surface area contributed by atoms with Crippen molar-refractivity contribution in [3.63, 3.8) is 0 Å². The van der Waals surface area contributed by atoms with Gasteiger partial charge < -0.3 is 9.64 Å². The van der Waals surface area contributed by atoms with Gasteiger partial charge in [0.15, 0.2) is 11.0 Å². The molecule has 1 aliphatic carbocycles. The van der Waals surface area contributed by atoms with Crippen LogP contribution in [0.2, 0.25) is 0 Å². The number of nitrogens with zero attached hydrogens (tertiary/aromatic N) is 4. The summed E-state index contributed by atoms with van der Waals surface area (Å²) in [6, 6.07) is 8.12. The van der Waals surface area contributed by atoms with Gasteiger partial charge in [-0.05, 0) is 38.8 Å². The number of hydrogen-bond acceptors (Lipinski definition) is 5. The normalized spacial score (nSPS) is 15.6. The number of carbonyl (C=O) groups excluding carboxylic acids is 1. The number of allylic oxidation sites excluding steroid dienone is 1. The molecular formula is C23H32N4O2S. The van der Waals surface area contributed by atoms with Gasteiger partial charge in [0.2, 0.25) is 5.91 Å². The number of carbonyl (C=O) groups is 1. The van der Waals surface area contributed by atoms with Crippen molar-refractivity contribution in [3.05, 3.63) is 36.9 Å². The van der Waals surface area contributed by atoms with Crippen LogP contribution in [0, 0.1) is 0 Å². The molecule has 1 fully saturated rings. The minimum Gasteiger partial charge on any atom is -0.496 e. The maximum atomic E-state index is 13.2. The second-order valence-corrected chi connectivity index (χ2v) is 8.89. The highest BCUT2D eigenvalue weighted by molar-refractivity contribution is 8.00. The maximum Gasteiger partial charge on any atom is 0.236 e. The first-order valence-electron chi connectivity index (χ1n) is 10.7. The van der Waals surface area contributed by atoms with E-state index >= 15 is 0 Å². The Hall–Kier alpha value is -2.28. The smallest absolute Gasteiger partial charge is 0.236 e. The molecular weight excluding hydrogens is 396 g/mol. The number of aromatic nitrogens is 3. The van der Waals surface area contributed by atoms with Crippen molar-refractivity contribution < 1.29 is 9.53 Å². The van der Waals surface area contributed by atoms with Crippen LogP contribution in [0.4, 0.5) is 0 Å². The van der Waals surface area contributed by atoms with Gasteiger partial charge in [0.05, 0.1) is 17.9 Å². The van der Waals surface area contributed by atoms with E-state index in [9.17, 15) is 4.79 Å². The summed E-state index contributed by atoms with van der Waals surface area (Å²) in [5.41, 5.74) is 0.873. The van der Waals surface area contributed by atoms with Crippen LogP contribution in [0.15, 0.2) is 42.1 Å². The third kappa shape index (κ3) is 4.89. The number of rotatable bonds is 9. The highest BCUT2D eigenvalue weighted by Gasteiger charge is 2.29. The fourth-order valence-electron chi connectivity index (χ4n) is 4.13. The molecule has 0 saturated heterocycles. The van der Waals surface area contributed by atoms with Crippen LogP contribution in [0.5, 0.6) is 5.75 Å². The van der Waals surface area contributed by atoms with E-state index in [2.05, 4.69) is 28.6 Å². The van der Waals surface area contributed by atoms with Crippen molar-refractivity contribution in [1.82, 2.24) is 19.7 Å². The predicted octanol–water partition coefficient (Wildman–Crippen LogP) is 4.80. The molecule has 1 aromatic carbocycles. The predicted molar refractivity (Wildman–Crippen MR) is 122 cm³/mol. The lowest BCUT2D eigenvalue weighted by atomic mass is 9.94. The van der Waals surface area contributed by atoms with Gasteiger partial charge >= 0.3 is 0 Å². The largest absolute Gasteiger partial charge is 0.496 e. The number of ether oxygens (including phenoxy) is 1. The van der Waals surface area contributed by atoms with Crippen molar-refractivity contribution in [1.29, 1.82) is 0 Å². The maximum absolute atomic E-state index is 13.2. The molecule has 1 aromatic heterocycles. The van der Waals surface area contributed by atoms with Gasteiger partial charge in [-0.3, -0.25) is 9.36 Å². The standard InChI is InChI=1S/C23H32N4O2S/c1-5-16-27-21(19-14-10-11-15-20(19)29-4)24-25-23(27)30-17(3)22(28)26(6-2)18-12-8-7-9-13-18/h5,10-11,14-15,17-18H,1,6-9,12-13,16H2,2-4H3/t17-/m0/s1. The van der Waals surface area contributed by atoms with Crippen molar-refractivity contribution in [2.45, 2.75) is 68.9 Å². The minimum atomic E-state index is -0.231. The lowest BCUT2D eigenvalue weighted by Gasteiger charge is -2.35. The van der Waals surface area contributed by atoms with Crippen molar-refractivity contribution >= 4 is 17.7 Å². The quantitative estimate of drug-likeness (QED) is 0.424. The van der Waals surface area contributed by atoms with Crippen LogP contribution < -0.4 is 4.74 Å². The third-order valence-electron chi connectivity index (χ3n) is 5.65. The monoisotopic (exact) mass is 428 g/mol. The Morgan fingerprint density at radius 3 is 2.73 bits per heavy atom. The van der Waals surface area contributed by atoms with Crippen molar-refractivity contribution in [2.75, 3.05) is 13.7 Å². The molecule has 162 valence electrons. The van der Waals surface area contributed by atoms with Crippen molar-refractivity contribution in [2.24, 2.45) is 0 Å². The number of thioether (sulfide) groups is 1. The lowest BCUT2D eigenvalue weighted by Crippen LogP contribution is -2.44. The summed E-state index contributed by atoms with van der Waals surface area (Å²) in [7, 11) is 1.65. The van der Waals surface area contributed by atoms with Crippen LogP contribution in [0.1, 0.15) is 46.0 Å². The number of amides is 1. The fraction of sp³-hybridized carbons (Fsp3) is 0.522. The summed E-state index contributed by atoms with van der Waals surface area (Å²) >= 11 is 1.46. The summed E-state index contributed by atoms with van der Waals surface area (Å²) < 4.78 is 7.50. The van der Waals surface area contributed by atoms with Crippen LogP contribution >= 0.6 is 11.8 Å². The first kappa shape index (κ1) is 22.4. The molecule has 1 amide bonds. The molecule has 1 heterocycles. The molecule has 6 nitrogen and oxygen atoms in total. The van der Waals surface area contributed by atoms with E-state index in [-0.39, 0.29) is 11.2 Å². The molecule has 0 aliphatic heterocycles. The Kier molecular flexibility index (Phi) is 7.96. The summed E-state index contributed by atoms with van der Waals surface area (Å²) in [4.78, 5) is 15.3. The van der Waals surface area contributed by atoms with Gasteiger partial charge in [0, 0.05) is 19.1 Å². The molecule has 2 aromatic rings. The molecule has 0 bridgehead atoms. The Morgan fingerprint density at radius 1 is 1.33 bits per heavy atom. The molecule has 7 heteroatoms. The fourth-order valence-corrected chi connectivity index (χ4v) is 5.06. The lowest BCUT2D eigenvalue weighted by molar-refractivity contribution is -0.133. The number of hydrogen-bond donors (Lipinski definition) is 0. The van der Waals surface area contributed by atoms with Crippen LogP contribution in [-0.4, -0.2) is 50.5 Å². The van der Waals surface area contributed by atoms with Crippen LogP contribution in [0.3, 0.4) is 0 Å². The second kappa shape index (κ2) is 10.7. The SMILES string of the molecule is C=CCn1c(S[C@@H](C)C(=O)N(CC)C2CCCCC2)nnc1-c1ccccc1OC. The van der Waals surface area contributed by atoms with Gasteiger partial charge in [-0.15, -0.1) is 16.8 Å². The van der Waals surface area contributed by atoms with E-state index < -0.39 is 0 Å². The van der Waals surface area contributed by atoms with E-state index in [1.165, 1.54) is 31.0 Å². The van der Waals surface area contributed by atoms with Gasteiger partial charge in [-0.25, -0.2) is 0 Å². The molecule has 3 rings (SSSR count). The first-order chi connectivity index (χ1) is 14.6. The Balaban J connectivity index is 1.82. The minimum absolute atomic E-state index is 0.182. The Morgan fingerprint density at radius 2 is 2.07 bits per heavy atom. The van der Waals surface area contributed by atoms with Crippen LogP contribution in [-0.2, 0) is 11.3 Å². The Labute approximate surface area is 183 Å². The summed E-state index contributed by atoms with van der Waals surface area (Å²) in [5.74, 6) is 1.64. The van der Waals surface area contributed by atoms with Gasteiger partial charge in [-0.2, -0.15) is 0 Å². The summed E-state index contributed by atoms with van der Waals surface area (Å²) in [6.45, 7) is 9.23. The molecule has 0 unspecified atom stereocenters. The average Bonchev–Trinajstić information content (AvgIpc) is 3.17. The summed E-state index contributed by atoms with van der Waals surface area (Å²) in [6.07, 6.45) is 7.75.